The number of para-hydroxylation sites is 2. The van der Waals surface area contributed by atoms with Crippen LogP contribution in [0.5, 0.6) is 0 Å². The lowest BCUT2D eigenvalue weighted by Gasteiger charge is -2.26. The normalized spacial score (nSPS) is 11.7. The van der Waals surface area contributed by atoms with Crippen LogP contribution in [-0.2, 0) is 0 Å². The van der Waals surface area contributed by atoms with E-state index in [1.807, 2.05) is 42.5 Å². The molecule has 0 bridgehead atoms. The van der Waals surface area contributed by atoms with Gasteiger partial charge in [-0.05, 0) is 94.0 Å². The number of hydrogen-bond acceptors (Lipinski definition) is 4. The Balaban J connectivity index is 1.25. The van der Waals surface area contributed by atoms with E-state index >= 15 is 0 Å². The first-order chi connectivity index (χ1) is 24.3. The molecule has 0 aliphatic rings. The van der Waals surface area contributed by atoms with Crippen LogP contribution in [0.25, 0.3) is 77.2 Å². The zero-order valence-electron chi connectivity index (χ0n) is 26.4. The van der Waals surface area contributed by atoms with Crippen LogP contribution in [0.3, 0.4) is 0 Å². The Labute approximate surface area is 282 Å². The van der Waals surface area contributed by atoms with E-state index in [1.54, 1.807) is 0 Å². The van der Waals surface area contributed by atoms with Crippen LogP contribution in [0.1, 0.15) is 0 Å². The average Bonchev–Trinajstić information content (AvgIpc) is 3.77. The highest BCUT2D eigenvalue weighted by Crippen LogP contribution is 2.44. The molecule has 0 N–H and O–H groups in total. The van der Waals surface area contributed by atoms with Gasteiger partial charge < -0.3 is 13.7 Å². The SMILES string of the molecule is c1ccc(-c2nc3ccc4cc(-c5ccccc5)c5ccc(N(c6ccccc6)c6ccc7c(c6)oc6ccccc67)cc5c4c3o2)cc1. The number of hydrogen-bond donors (Lipinski definition) is 0. The minimum atomic E-state index is 0.615. The highest BCUT2D eigenvalue weighted by molar-refractivity contribution is 6.22. The van der Waals surface area contributed by atoms with E-state index in [0.29, 0.717) is 5.89 Å². The molecule has 0 aliphatic heterocycles. The third-order valence-electron chi connectivity index (χ3n) is 9.45. The topological polar surface area (TPSA) is 42.4 Å². The highest BCUT2D eigenvalue weighted by Gasteiger charge is 2.20. The van der Waals surface area contributed by atoms with Crippen LogP contribution in [0.15, 0.2) is 179 Å². The van der Waals surface area contributed by atoms with Crippen molar-refractivity contribution in [2.75, 3.05) is 4.90 Å². The third-order valence-corrected chi connectivity index (χ3v) is 9.45. The van der Waals surface area contributed by atoms with Crippen molar-refractivity contribution < 1.29 is 8.83 Å². The number of aromatic nitrogens is 1. The maximum Gasteiger partial charge on any atom is 0.227 e. The Kier molecular flexibility index (Phi) is 6.15. The molecule has 0 atom stereocenters. The van der Waals surface area contributed by atoms with Crippen LogP contribution in [0.4, 0.5) is 17.1 Å². The molecule has 0 saturated heterocycles. The molecule has 0 saturated carbocycles. The van der Waals surface area contributed by atoms with Gasteiger partial charge in [0.1, 0.15) is 16.7 Å². The second kappa shape index (κ2) is 11.0. The molecule has 230 valence electrons. The van der Waals surface area contributed by atoms with Gasteiger partial charge >= 0.3 is 0 Å². The molecule has 0 fully saturated rings. The Bertz CT molecular complexity index is 2820. The van der Waals surface area contributed by atoms with Crippen molar-refractivity contribution in [3.05, 3.63) is 170 Å². The summed E-state index contributed by atoms with van der Waals surface area (Å²) < 4.78 is 13.0. The fraction of sp³-hybridized carbons (Fsp3) is 0. The number of furan rings is 1. The summed E-state index contributed by atoms with van der Waals surface area (Å²) in [5.41, 5.74) is 9.75. The van der Waals surface area contributed by atoms with Crippen molar-refractivity contribution in [3.8, 4) is 22.6 Å². The van der Waals surface area contributed by atoms with Gasteiger partial charge in [0.2, 0.25) is 5.89 Å². The first kappa shape index (κ1) is 27.5. The van der Waals surface area contributed by atoms with Crippen LogP contribution in [-0.4, -0.2) is 4.98 Å². The Hall–Kier alpha value is -6.65. The lowest BCUT2D eigenvalue weighted by atomic mass is 9.92. The Morgan fingerprint density at radius 2 is 1.08 bits per heavy atom. The molecule has 2 heterocycles. The lowest BCUT2D eigenvalue weighted by Crippen LogP contribution is -2.09. The van der Waals surface area contributed by atoms with Gasteiger partial charge in [0.25, 0.3) is 0 Å². The number of anilines is 3. The van der Waals surface area contributed by atoms with Crippen LogP contribution in [0, 0.1) is 0 Å². The van der Waals surface area contributed by atoms with Gasteiger partial charge in [-0.1, -0.05) is 97.1 Å². The molecule has 10 rings (SSSR count). The van der Waals surface area contributed by atoms with Gasteiger partial charge in [-0.3, -0.25) is 0 Å². The maximum absolute atomic E-state index is 6.63. The fourth-order valence-electron chi connectivity index (χ4n) is 7.19. The first-order valence-electron chi connectivity index (χ1n) is 16.5. The van der Waals surface area contributed by atoms with E-state index in [9.17, 15) is 0 Å². The largest absolute Gasteiger partial charge is 0.456 e. The van der Waals surface area contributed by atoms with Gasteiger partial charge in [0, 0.05) is 44.9 Å². The molecule has 10 aromatic rings. The lowest BCUT2D eigenvalue weighted by molar-refractivity contribution is 0.623. The summed E-state index contributed by atoms with van der Waals surface area (Å²) in [7, 11) is 0. The van der Waals surface area contributed by atoms with Crippen LogP contribution < -0.4 is 4.90 Å². The van der Waals surface area contributed by atoms with E-state index in [1.165, 1.54) is 11.1 Å². The van der Waals surface area contributed by atoms with E-state index < -0.39 is 0 Å². The van der Waals surface area contributed by atoms with Gasteiger partial charge in [-0.2, -0.15) is 0 Å². The summed E-state index contributed by atoms with van der Waals surface area (Å²) in [5, 5.41) is 6.61. The molecule has 8 aromatic carbocycles. The molecule has 49 heavy (non-hydrogen) atoms. The molecule has 0 unspecified atom stereocenters. The van der Waals surface area contributed by atoms with Crippen LogP contribution in [0.2, 0.25) is 0 Å². The second-order valence-electron chi connectivity index (χ2n) is 12.4. The quantitative estimate of drug-likeness (QED) is 0.178. The number of nitrogens with zero attached hydrogens (tertiary/aromatic N) is 2. The molecule has 0 radical (unpaired) electrons. The molecule has 0 amide bonds. The average molecular weight is 629 g/mol. The summed E-state index contributed by atoms with van der Waals surface area (Å²) in [6, 6.07) is 59.2. The summed E-state index contributed by atoms with van der Waals surface area (Å²) in [6.45, 7) is 0. The summed E-state index contributed by atoms with van der Waals surface area (Å²) in [6.07, 6.45) is 0. The highest BCUT2D eigenvalue weighted by atomic mass is 16.3. The molecule has 0 spiro atoms. The molecular formula is C45H28N2O2. The Morgan fingerprint density at radius 3 is 1.88 bits per heavy atom. The van der Waals surface area contributed by atoms with Crippen LogP contribution >= 0.6 is 0 Å². The van der Waals surface area contributed by atoms with E-state index in [4.69, 9.17) is 13.8 Å². The first-order valence-corrected chi connectivity index (χ1v) is 16.5. The molecule has 2 aromatic heterocycles. The predicted molar refractivity (Wildman–Crippen MR) is 202 cm³/mol. The van der Waals surface area contributed by atoms with E-state index in [-0.39, 0.29) is 0 Å². The van der Waals surface area contributed by atoms with Gasteiger partial charge in [-0.25, -0.2) is 4.98 Å². The fourth-order valence-corrected chi connectivity index (χ4v) is 7.19. The summed E-state index contributed by atoms with van der Waals surface area (Å²) in [5.74, 6) is 0.615. The maximum atomic E-state index is 6.63. The summed E-state index contributed by atoms with van der Waals surface area (Å²) in [4.78, 5) is 7.23. The second-order valence-corrected chi connectivity index (χ2v) is 12.4. The van der Waals surface area contributed by atoms with Crippen molar-refractivity contribution in [2.24, 2.45) is 0 Å². The molecule has 0 aliphatic carbocycles. The van der Waals surface area contributed by atoms with E-state index in [2.05, 4.69) is 132 Å². The molecular weight excluding hydrogens is 601 g/mol. The Morgan fingerprint density at radius 1 is 0.429 bits per heavy atom. The number of benzene rings is 8. The zero-order valence-corrected chi connectivity index (χ0v) is 26.4. The van der Waals surface area contributed by atoms with Gasteiger partial charge in [0.05, 0.1) is 0 Å². The minimum Gasteiger partial charge on any atom is -0.456 e. The monoisotopic (exact) mass is 628 g/mol. The standard InChI is InChI=1S/C45H28N2O2/c1-4-12-29(13-5-1)38-26-31-20-25-40-44(49-45(46-40)30-14-6-2-7-15-30)43(31)39-27-33(21-23-35(38)39)47(32-16-8-3-9-17-32)34-22-24-37-36-18-10-11-19-41(36)48-42(37)28-34/h1-28H. The van der Waals surface area contributed by atoms with Crippen molar-refractivity contribution in [1.29, 1.82) is 0 Å². The molecule has 4 nitrogen and oxygen atoms in total. The van der Waals surface area contributed by atoms with Crippen molar-refractivity contribution in [2.45, 2.75) is 0 Å². The van der Waals surface area contributed by atoms with E-state index in [0.717, 1.165) is 77.2 Å². The smallest absolute Gasteiger partial charge is 0.227 e. The van der Waals surface area contributed by atoms with Crippen molar-refractivity contribution >= 4 is 71.6 Å². The van der Waals surface area contributed by atoms with Crippen molar-refractivity contribution in [3.63, 3.8) is 0 Å². The van der Waals surface area contributed by atoms with Crippen molar-refractivity contribution in [1.82, 2.24) is 4.98 Å². The minimum absolute atomic E-state index is 0.615. The predicted octanol–water partition coefficient (Wildman–Crippen LogP) is 12.8. The number of fused-ring (bicyclic) bond motifs is 8. The number of oxazole rings is 1. The third kappa shape index (κ3) is 4.49. The zero-order chi connectivity index (χ0) is 32.3. The van der Waals surface area contributed by atoms with Gasteiger partial charge in [0.15, 0.2) is 5.58 Å². The number of rotatable bonds is 5. The summed E-state index contributed by atoms with van der Waals surface area (Å²) >= 11 is 0. The van der Waals surface area contributed by atoms with Gasteiger partial charge in [-0.15, -0.1) is 0 Å². The molecule has 4 heteroatoms.